The highest BCUT2D eigenvalue weighted by atomic mass is 16.7. The minimum absolute atomic E-state index is 0.115. The van der Waals surface area contributed by atoms with Crippen LogP contribution < -0.4 is 0 Å². The molecule has 0 radical (unpaired) electrons. The third kappa shape index (κ3) is 39.6. The Balaban J connectivity index is 2.16. The van der Waals surface area contributed by atoms with Gasteiger partial charge < -0.3 is 39.4 Å². The largest absolute Gasteiger partial charge is 0.457 e. The van der Waals surface area contributed by atoms with Crippen molar-refractivity contribution in [3.05, 3.63) is 60.8 Å². The quantitative estimate of drug-likeness (QED) is 0.0267. The molecular formula is C59H106O9. The highest BCUT2D eigenvalue weighted by Crippen LogP contribution is 2.23. The third-order valence-corrected chi connectivity index (χ3v) is 12.9. The van der Waals surface area contributed by atoms with E-state index in [0.29, 0.717) is 13.0 Å². The summed E-state index contributed by atoms with van der Waals surface area (Å²) in [4.78, 5) is 12.9. The average Bonchev–Trinajstić information content (AvgIpc) is 3.34. The molecule has 0 aromatic rings. The maximum absolute atomic E-state index is 12.9. The Hall–Kier alpha value is -2.11. The molecule has 0 aromatic heterocycles. The van der Waals surface area contributed by atoms with Gasteiger partial charge in [-0.1, -0.05) is 222 Å². The number of unbranched alkanes of at least 4 members (excludes halogenated alkanes) is 28. The van der Waals surface area contributed by atoms with E-state index in [-0.39, 0.29) is 19.2 Å². The monoisotopic (exact) mass is 959 g/mol. The normalized spacial score (nSPS) is 19.5. The molecule has 1 saturated heterocycles. The second-order valence-electron chi connectivity index (χ2n) is 19.4. The molecule has 6 atom stereocenters. The van der Waals surface area contributed by atoms with Crippen LogP contribution in [-0.2, 0) is 23.7 Å². The van der Waals surface area contributed by atoms with Crippen molar-refractivity contribution in [3.63, 3.8) is 0 Å². The van der Waals surface area contributed by atoms with Gasteiger partial charge in [-0.15, -0.1) is 0 Å². The van der Waals surface area contributed by atoms with Crippen LogP contribution in [0.5, 0.6) is 0 Å². The molecule has 4 N–H and O–H groups in total. The lowest BCUT2D eigenvalue weighted by Crippen LogP contribution is -2.59. The molecular weight excluding hydrogens is 853 g/mol. The Morgan fingerprint density at radius 1 is 0.485 bits per heavy atom. The summed E-state index contributed by atoms with van der Waals surface area (Å²) in [5.74, 6) is -0.315. The van der Waals surface area contributed by atoms with Crippen molar-refractivity contribution in [2.45, 2.75) is 282 Å². The first-order valence-corrected chi connectivity index (χ1v) is 28.4. The highest BCUT2D eigenvalue weighted by molar-refractivity contribution is 5.69. The summed E-state index contributed by atoms with van der Waals surface area (Å²) < 4.78 is 23.0. The maximum Gasteiger partial charge on any atom is 0.306 e. The number of carbonyl (C=O) groups excluding carboxylic acids is 1. The van der Waals surface area contributed by atoms with Crippen LogP contribution in [0.2, 0.25) is 0 Å². The molecule has 396 valence electrons. The number of allylic oxidation sites excluding steroid dienone is 10. The summed E-state index contributed by atoms with van der Waals surface area (Å²) in [7, 11) is 0. The number of esters is 1. The number of aliphatic hydroxyl groups excluding tert-OH is 4. The van der Waals surface area contributed by atoms with Gasteiger partial charge in [-0.3, -0.25) is 4.79 Å². The lowest BCUT2D eigenvalue weighted by molar-refractivity contribution is -0.305. The molecule has 6 unspecified atom stereocenters. The zero-order chi connectivity index (χ0) is 49.2. The second-order valence-corrected chi connectivity index (χ2v) is 19.4. The van der Waals surface area contributed by atoms with Crippen molar-refractivity contribution < 1.29 is 44.2 Å². The molecule has 0 spiro atoms. The van der Waals surface area contributed by atoms with Crippen molar-refractivity contribution in [3.8, 4) is 0 Å². The Labute approximate surface area is 417 Å². The molecule has 0 bridgehead atoms. The van der Waals surface area contributed by atoms with Crippen LogP contribution in [0, 0.1) is 0 Å². The molecule has 0 aromatic carbocycles. The molecule has 1 aliphatic heterocycles. The summed E-state index contributed by atoms with van der Waals surface area (Å²) in [6.07, 6.45) is 58.3. The number of aliphatic hydroxyl groups is 4. The molecule has 1 rings (SSSR count). The smallest absolute Gasteiger partial charge is 0.306 e. The predicted octanol–water partition coefficient (Wildman–Crippen LogP) is 14.6. The highest BCUT2D eigenvalue weighted by Gasteiger charge is 2.44. The Morgan fingerprint density at radius 2 is 0.897 bits per heavy atom. The van der Waals surface area contributed by atoms with Crippen LogP contribution in [0.25, 0.3) is 0 Å². The molecule has 0 aliphatic carbocycles. The van der Waals surface area contributed by atoms with Crippen LogP contribution in [-0.4, -0.2) is 89.6 Å². The average molecular weight is 959 g/mol. The molecule has 1 fully saturated rings. The van der Waals surface area contributed by atoms with Crippen LogP contribution >= 0.6 is 0 Å². The fourth-order valence-corrected chi connectivity index (χ4v) is 8.54. The van der Waals surface area contributed by atoms with E-state index in [1.54, 1.807) is 0 Å². The number of hydrogen-bond donors (Lipinski definition) is 4. The van der Waals surface area contributed by atoms with E-state index in [1.165, 1.54) is 167 Å². The number of carbonyl (C=O) groups is 1. The molecule has 0 saturated carbocycles. The van der Waals surface area contributed by atoms with Crippen LogP contribution in [0.15, 0.2) is 60.8 Å². The topological polar surface area (TPSA) is 135 Å². The molecule has 9 heteroatoms. The van der Waals surface area contributed by atoms with Gasteiger partial charge in [0.2, 0.25) is 0 Å². The zero-order valence-electron chi connectivity index (χ0n) is 43.9. The second kappa shape index (κ2) is 49.9. The van der Waals surface area contributed by atoms with Crippen LogP contribution in [0.1, 0.15) is 245 Å². The van der Waals surface area contributed by atoms with Gasteiger partial charge in [0.25, 0.3) is 0 Å². The van der Waals surface area contributed by atoms with Gasteiger partial charge in [0.05, 0.1) is 19.8 Å². The summed E-state index contributed by atoms with van der Waals surface area (Å²) in [5.41, 5.74) is 0. The van der Waals surface area contributed by atoms with Gasteiger partial charge in [-0.25, -0.2) is 0 Å². The van der Waals surface area contributed by atoms with Gasteiger partial charge in [0.15, 0.2) is 6.29 Å². The zero-order valence-corrected chi connectivity index (χ0v) is 43.9. The van der Waals surface area contributed by atoms with Crippen molar-refractivity contribution in [2.24, 2.45) is 0 Å². The van der Waals surface area contributed by atoms with Gasteiger partial charge in [-0.2, -0.15) is 0 Å². The van der Waals surface area contributed by atoms with Gasteiger partial charge >= 0.3 is 5.97 Å². The minimum Gasteiger partial charge on any atom is -0.457 e. The standard InChI is InChI=1S/C59H106O9/c1-3-5-7-9-11-13-15-17-19-21-23-25-26-27-28-29-30-32-34-36-38-40-42-44-46-48-55(61)67-53(52-66-59-58(64)57(63)56(62)54(50-60)68-59)51-65-49-47-45-43-41-39-37-35-33-31-24-22-20-18-16-14-12-10-8-6-4-2/h5,7,11,13,17-20,23,25,53-54,56-60,62-64H,3-4,6,8-10,12,14-16,21-22,24,26-52H2,1-2H3/b7-5-,13-11-,19-17-,20-18-,25-23-. The molecule has 1 aliphatic rings. The van der Waals surface area contributed by atoms with Crippen molar-refractivity contribution in [2.75, 3.05) is 26.4 Å². The van der Waals surface area contributed by atoms with E-state index in [9.17, 15) is 25.2 Å². The maximum atomic E-state index is 12.9. The van der Waals surface area contributed by atoms with E-state index in [0.717, 1.165) is 57.8 Å². The lowest BCUT2D eigenvalue weighted by atomic mass is 9.99. The first kappa shape index (κ1) is 63.9. The summed E-state index contributed by atoms with van der Waals surface area (Å²) in [6.45, 7) is 4.47. The Bertz CT molecular complexity index is 1230. The first-order chi connectivity index (χ1) is 33.4. The van der Waals surface area contributed by atoms with Crippen LogP contribution in [0.3, 0.4) is 0 Å². The van der Waals surface area contributed by atoms with Crippen molar-refractivity contribution >= 4 is 5.97 Å². The van der Waals surface area contributed by atoms with E-state index < -0.39 is 43.4 Å². The van der Waals surface area contributed by atoms with E-state index >= 15 is 0 Å². The summed E-state index contributed by atoms with van der Waals surface area (Å²) in [6, 6.07) is 0. The lowest BCUT2D eigenvalue weighted by Gasteiger charge is -2.39. The SMILES string of the molecule is CC/C=C\C/C=C\C/C=C\C/C=C\CCCCCCCCCCCCCCC(=O)OC(COCCCCCCCCCCCC/C=C\CCCCCCCC)COC1OC(CO)C(O)C(O)C1O. The molecule has 9 nitrogen and oxygen atoms in total. The fraction of sp³-hybridized carbons (Fsp3) is 0.814. The van der Waals surface area contributed by atoms with E-state index in [2.05, 4.69) is 74.6 Å². The molecule has 1 heterocycles. The van der Waals surface area contributed by atoms with Crippen molar-refractivity contribution in [1.82, 2.24) is 0 Å². The fourth-order valence-electron chi connectivity index (χ4n) is 8.54. The predicted molar refractivity (Wildman–Crippen MR) is 284 cm³/mol. The van der Waals surface area contributed by atoms with Gasteiger partial charge in [0.1, 0.15) is 30.5 Å². The van der Waals surface area contributed by atoms with Crippen molar-refractivity contribution in [1.29, 1.82) is 0 Å². The van der Waals surface area contributed by atoms with E-state index in [1.807, 2.05) is 0 Å². The summed E-state index contributed by atoms with van der Waals surface area (Å²) >= 11 is 0. The number of hydrogen-bond acceptors (Lipinski definition) is 9. The minimum atomic E-state index is -1.54. The van der Waals surface area contributed by atoms with E-state index in [4.69, 9.17) is 18.9 Å². The Morgan fingerprint density at radius 3 is 1.37 bits per heavy atom. The summed E-state index contributed by atoms with van der Waals surface area (Å²) in [5, 5.41) is 40.3. The number of ether oxygens (including phenoxy) is 4. The molecule has 68 heavy (non-hydrogen) atoms. The van der Waals surface area contributed by atoms with Crippen LogP contribution in [0.4, 0.5) is 0 Å². The first-order valence-electron chi connectivity index (χ1n) is 28.4. The molecule has 0 amide bonds. The van der Waals surface area contributed by atoms with Gasteiger partial charge in [-0.05, 0) is 77.0 Å². The Kier molecular flexibility index (Phi) is 46.9. The van der Waals surface area contributed by atoms with Gasteiger partial charge in [0, 0.05) is 13.0 Å². The number of rotatable bonds is 49. The third-order valence-electron chi connectivity index (χ3n) is 12.9.